The third-order valence-corrected chi connectivity index (χ3v) is 13.9. The van der Waals surface area contributed by atoms with Gasteiger partial charge in [0.15, 0.2) is 0 Å². The zero-order valence-corrected chi connectivity index (χ0v) is 38.2. The van der Waals surface area contributed by atoms with Crippen LogP contribution in [0.5, 0.6) is 0 Å². The molecule has 1 amide bonds. The molecule has 2 bridgehead atoms. The number of piperidine rings is 1. The number of rotatable bonds is 9. The van der Waals surface area contributed by atoms with Crippen molar-refractivity contribution in [1.82, 2.24) is 4.90 Å². The molecule has 0 aromatic heterocycles. The second-order valence-corrected chi connectivity index (χ2v) is 18.5. The van der Waals surface area contributed by atoms with E-state index in [2.05, 4.69) is 13.5 Å². The SMILES string of the molecule is C=CC=CCC1(O)CCC(C=C(C)C2OC(=O)C3CCCCN3C(=O)C(=O)C3(O)OC(C(OC)CC(C)C/C(C)=C/C(CC)C(=O)CC(O)C2C)C(OC)CC3C)CC1OC. The third-order valence-electron chi connectivity index (χ3n) is 13.9. The van der Waals surface area contributed by atoms with Gasteiger partial charge in [-0.15, -0.1) is 0 Å². The molecule has 14 atom stereocenters. The van der Waals surface area contributed by atoms with Crippen LogP contribution in [0.2, 0.25) is 0 Å². The normalized spacial score (nSPS) is 40.4. The molecule has 4 aliphatic rings. The monoisotopic (exact) mass is 858 g/mol. The van der Waals surface area contributed by atoms with E-state index in [9.17, 15) is 34.5 Å². The number of carbonyl (C=O) groups is 4. The maximum absolute atomic E-state index is 14.4. The number of methoxy groups -OCH3 is 3. The predicted octanol–water partition coefficient (Wildman–Crippen LogP) is 5.98. The molecule has 4 rings (SSSR count). The molecular formula is C48H75NO12. The molecule has 0 aromatic carbocycles. The van der Waals surface area contributed by atoms with Crippen molar-refractivity contribution < 1.29 is 58.2 Å². The summed E-state index contributed by atoms with van der Waals surface area (Å²) in [6, 6.07) is -1.15. The number of aliphatic hydroxyl groups is 3. The molecule has 344 valence electrons. The fourth-order valence-electron chi connectivity index (χ4n) is 10.1. The van der Waals surface area contributed by atoms with Crippen LogP contribution in [0.15, 0.2) is 48.1 Å². The molecule has 13 heteroatoms. The summed E-state index contributed by atoms with van der Waals surface area (Å²) in [5.74, 6) is -7.67. The number of nitrogens with zero attached hydrogens (tertiary/aromatic N) is 1. The number of amides is 1. The first-order valence-corrected chi connectivity index (χ1v) is 22.5. The number of ketones is 2. The van der Waals surface area contributed by atoms with Gasteiger partial charge >= 0.3 is 5.97 Å². The smallest absolute Gasteiger partial charge is 0.329 e. The van der Waals surface area contributed by atoms with Crippen molar-refractivity contribution in [2.45, 2.75) is 173 Å². The predicted molar refractivity (Wildman–Crippen MR) is 231 cm³/mol. The topological polar surface area (TPSA) is 178 Å². The van der Waals surface area contributed by atoms with E-state index in [0.717, 1.165) is 5.57 Å². The summed E-state index contributed by atoms with van der Waals surface area (Å²) >= 11 is 0. The third kappa shape index (κ3) is 12.2. The molecule has 13 nitrogen and oxygen atoms in total. The van der Waals surface area contributed by atoms with Crippen LogP contribution in [-0.4, -0.2) is 126 Å². The number of carbonyl (C=O) groups excluding carboxylic acids is 4. The van der Waals surface area contributed by atoms with Gasteiger partial charge in [0.25, 0.3) is 11.7 Å². The van der Waals surface area contributed by atoms with Crippen molar-refractivity contribution in [2.24, 2.45) is 29.6 Å². The molecular weight excluding hydrogens is 783 g/mol. The first-order valence-electron chi connectivity index (χ1n) is 22.5. The Balaban J connectivity index is 1.75. The lowest BCUT2D eigenvalue weighted by Gasteiger charge is -2.47. The summed E-state index contributed by atoms with van der Waals surface area (Å²) in [6.45, 7) is 15.0. The number of hydrogen-bond acceptors (Lipinski definition) is 12. The molecule has 1 saturated carbocycles. The number of cyclic esters (lactones) is 1. The van der Waals surface area contributed by atoms with Gasteiger partial charge in [-0.2, -0.15) is 0 Å². The zero-order chi connectivity index (χ0) is 45.2. The summed E-state index contributed by atoms with van der Waals surface area (Å²) in [7, 11) is 4.64. The lowest BCUT2D eigenvalue weighted by atomic mass is 9.74. The highest BCUT2D eigenvalue weighted by atomic mass is 16.7. The fraction of sp³-hybridized carbons (Fsp3) is 0.750. The molecule has 3 heterocycles. The number of esters is 1. The van der Waals surface area contributed by atoms with Crippen LogP contribution in [0.25, 0.3) is 0 Å². The van der Waals surface area contributed by atoms with Crippen molar-refractivity contribution >= 4 is 23.4 Å². The molecule has 1 aliphatic carbocycles. The van der Waals surface area contributed by atoms with Crippen LogP contribution in [0.1, 0.15) is 119 Å². The Labute approximate surface area is 363 Å². The van der Waals surface area contributed by atoms with Crippen molar-refractivity contribution in [3.63, 3.8) is 0 Å². The minimum absolute atomic E-state index is 0.0263. The highest BCUT2D eigenvalue weighted by Crippen LogP contribution is 2.41. The van der Waals surface area contributed by atoms with Gasteiger partial charge in [0.1, 0.15) is 24.0 Å². The number of fused-ring (bicyclic) bond motifs is 3. The Morgan fingerprint density at radius 3 is 2.31 bits per heavy atom. The molecule has 0 spiro atoms. The summed E-state index contributed by atoms with van der Waals surface area (Å²) in [5, 5.41) is 35.4. The van der Waals surface area contributed by atoms with E-state index in [-0.39, 0.29) is 43.4 Å². The Hall–Kier alpha value is -3.04. The van der Waals surface area contributed by atoms with Gasteiger partial charge in [0.05, 0.1) is 30.0 Å². The van der Waals surface area contributed by atoms with Crippen molar-refractivity contribution in [3.05, 3.63) is 48.1 Å². The van der Waals surface area contributed by atoms with Crippen LogP contribution >= 0.6 is 0 Å². The van der Waals surface area contributed by atoms with E-state index in [1.165, 1.54) is 19.1 Å². The summed E-state index contributed by atoms with van der Waals surface area (Å²) in [6.07, 6.45) is 9.56. The number of allylic oxidation sites excluding steroid dienone is 5. The van der Waals surface area contributed by atoms with Gasteiger partial charge in [-0.1, -0.05) is 70.2 Å². The average molecular weight is 858 g/mol. The Morgan fingerprint density at radius 1 is 0.984 bits per heavy atom. The number of Topliss-reactive ketones (excluding diaryl/α,β-unsaturated/α-hetero) is 2. The second-order valence-electron chi connectivity index (χ2n) is 18.5. The van der Waals surface area contributed by atoms with Gasteiger partial charge in [0, 0.05) is 52.0 Å². The summed E-state index contributed by atoms with van der Waals surface area (Å²) in [5.41, 5.74) is 0.567. The minimum Gasteiger partial charge on any atom is -0.456 e. The second kappa shape index (κ2) is 22.5. The first-order chi connectivity index (χ1) is 28.9. The largest absolute Gasteiger partial charge is 0.456 e. The van der Waals surface area contributed by atoms with Gasteiger partial charge in [-0.05, 0) is 102 Å². The molecule has 3 N–H and O–H groups in total. The first kappa shape index (κ1) is 50.6. The van der Waals surface area contributed by atoms with Crippen LogP contribution in [0.3, 0.4) is 0 Å². The Kier molecular flexibility index (Phi) is 18.7. The van der Waals surface area contributed by atoms with Crippen molar-refractivity contribution in [1.29, 1.82) is 0 Å². The highest BCUT2D eigenvalue weighted by Gasteiger charge is 2.56. The van der Waals surface area contributed by atoms with E-state index in [4.69, 9.17) is 23.7 Å². The van der Waals surface area contributed by atoms with E-state index in [1.54, 1.807) is 33.1 Å². The molecule has 14 unspecified atom stereocenters. The molecule has 3 aliphatic heterocycles. The lowest BCUT2D eigenvalue weighted by Crippen LogP contribution is -2.64. The number of ether oxygens (including phenoxy) is 5. The molecule has 3 fully saturated rings. The molecule has 61 heavy (non-hydrogen) atoms. The van der Waals surface area contributed by atoms with Gasteiger partial charge < -0.3 is 43.9 Å². The molecule has 2 saturated heterocycles. The Bertz CT molecular complexity index is 1620. The van der Waals surface area contributed by atoms with Crippen molar-refractivity contribution in [3.8, 4) is 0 Å². The van der Waals surface area contributed by atoms with Gasteiger partial charge in [-0.3, -0.25) is 14.4 Å². The summed E-state index contributed by atoms with van der Waals surface area (Å²) in [4.78, 5) is 58.1. The zero-order valence-electron chi connectivity index (χ0n) is 38.2. The quantitative estimate of drug-likeness (QED) is 0.107. The number of aliphatic hydroxyl groups excluding tert-OH is 1. The lowest BCUT2D eigenvalue weighted by molar-refractivity contribution is -0.302. The van der Waals surface area contributed by atoms with E-state index >= 15 is 0 Å². The van der Waals surface area contributed by atoms with Crippen LogP contribution in [0.4, 0.5) is 0 Å². The maximum atomic E-state index is 14.4. The fourth-order valence-corrected chi connectivity index (χ4v) is 10.1. The Morgan fingerprint density at radius 2 is 1.67 bits per heavy atom. The van der Waals surface area contributed by atoms with Gasteiger partial charge in [0.2, 0.25) is 5.79 Å². The number of hydrogen-bond donors (Lipinski definition) is 3. The van der Waals surface area contributed by atoms with Crippen LogP contribution < -0.4 is 0 Å². The molecule has 0 aromatic rings. The van der Waals surface area contributed by atoms with E-state index in [1.807, 2.05) is 39.0 Å². The van der Waals surface area contributed by atoms with Gasteiger partial charge in [-0.25, -0.2) is 4.79 Å². The van der Waals surface area contributed by atoms with Crippen molar-refractivity contribution in [2.75, 3.05) is 27.9 Å². The van der Waals surface area contributed by atoms with E-state index in [0.29, 0.717) is 63.4 Å². The molecule has 0 radical (unpaired) electrons. The maximum Gasteiger partial charge on any atom is 0.329 e. The van der Waals surface area contributed by atoms with E-state index < -0.39 is 89.5 Å². The standard InChI is InChI=1S/C48H75NO12/c1-11-13-15-19-47(55)20-18-34(27-41(47)59-10)25-31(5)42-33(7)37(50)28-38(51)35(12-2)23-29(3)22-30(4)24-39(57-8)43-40(58-9)26-32(6)48(56,61-43)44(52)45(53)49-21-16-14-17-36(49)46(54)60-42/h11,13,15,23,25,30,32-37,39-43,50,55-56H,1,12,14,16-22,24,26-28H2,2-10H3/b15-13?,29-23+,31-25?. The van der Waals surface area contributed by atoms with Crippen LogP contribution in [0, 0.1) is 29.6 Å². The average Bonchev–Trinajstić information content (AvgIpc) is 3.24. The minimum atomic E-state index is -2.51. The highest BCUT2D eigenvalue weighted by molar-refractivity contribution is 6.39. The summed E-state index contributed by atoms with van der Waals surface area (Å²) < 4.78 is 30.1. The van der Waals surface area contributed by atoms with Crippen LogP contribution in [-0.2, 0) is 42.9 Å².